The molecule has 3 aromatic rings. The number of aromatic nitrogens is 1. The zero-order valence-electron chi connectivity index (χ0n) is 17.4. The maximum Gasteiger partial charge on any atom is 0.266 e. The van der Waals surface area contributed by atoms with E-state index in [1.54, 1.807) is 18.2 Å². The SMILES string of the molecule is CCOc1ccc(-n2c(C)cc(/C=C(/C#N)C(=O)Nc3ccc(Cl)cc3Cl)c2C)cc1. The molecule has 1 aromatic heterocycles. The summed E-state index contributed by atoms with van der Waals surface area (Å²) in [6.07, 6.45) is 1.58. The van der Waals surface area contributed by atoms with Crippen LogP contribution in [0.2, 0.25) is 10.0 Å². The number of benzene rings is 2. The molecule has 1 amide bonds. The fourth-order valence-corrected chi connectivity index (χ4v) is 3.73. The zero-order chi connectivity index (χ0) is 22.5. The second kappa shape index (κ2) is 9.74. The summed E-state index contributed by atoms with van der Waals surface area (Å²) < 4.78 is 7.56. The van der Waals surface area contributed by atoms with Gasteiger partial charge in [0.25, 0.3) is 5.91 Å². The van der Waals surface area contributed by atoms with Crippen molar-refractivity contribution in [3.63, 3.8) is 0 Å². The predicted octanol–water partition coefficient (Wildman–Crippen LogP) is 6.35. The van der Waals surface area contributed by atoms with Crippen LogP contribution in [0, 0.1) is 25.2 Å². The highest BCUT2D eigenvalue weighted by molar-refractivity contribution is 6.36. The van der Waals surface area contributed by atoms with E-state index in [0.29, 0.717) is 22.3 Å². The van der Waals surface area contributed by atoms with Crippen molar-refractivity contribution in [1.82, 2.24) is 4.57 Å². The first-order valence-corrected chi connectivity index (χ1v) is 10.4. The van der Waals surface area contributed by atoms with Crippen LogP contribution < -0.4 is 10.1 Å². The summed E-state index contributed by atoms with van der Waals surface area (Å²) in [6.45, 7) is 6.46. The van der Waals surface area contributed by atoms with Gasteiger partial charge in [0, 0.05) is 22.1 Å². The number of hydrogen-bond acceptors (Lipinski definition) is 3. The summed E-state index contributed by atoms with van der Waals surface area (Å²) in [5.41, 5.74) is 3.99. The van der Waals surface area contributed by atoms with Gasteiger partial charge < -0.3 is 14.6 Å². The van der Waals surface area contributed by atoms with Crippen molar-refractivity contribution in [3.8, 4) is 17.5 Å². The summed E-state index contributed by atoms with van der Waals surface area (Å²) >= 11 is 12.0. The predicted molar refractivity (Wildman–Crippen MR) is 125 cm³/mol. The molecule has 0 radical (unpaired) electrons. The summed E-state index contributed by atoms with van der Waals surface area (Å²) in [5, 5.41) is 13.0. The van der Waals surface area contributed by atoms with Crippen molar-refractivity contribution >= 4 is 40.9 Å². The molecule has 0 spiro atoms. The Morgan fingerprint density at radius 2 is 1.87 bits per heavy atom. The number of nitrogens with zero attached hydrogens (tertiary/aromatic N) is 2. The minimum absolute atomic E-state index is 0.0297. The lowest BCUT2D eigenvalue weighted by Crippen LogP contribution is -2.13. The van der Waals surface area contributed by atoms with Gasteiger partial charge in [-0.1, -0.05) is 23.2 Å². The van der Waals surface area contributed by atoms with Crippen molar-refractivity contribution in [1.29, 1.82) is 5.26 Å². The topological polar surface area (TPSA) is 67.0 Å². The molecule has 5 nitrogen and oxygen atoms in total. The third-order valence-electron chi connectivity index (χ3n) is 4.72. The number of halogens is 2. The van der Waals surface area contributed by atoms with Gasteiger partial charge in [-0.3, -0.25) is 4.79 Å². The zero-order valence-corrected chi connectivity index (χ0v) is 18.9. The molecule has 1 N–H and O–H groups in total. The maximum atomic E-state index is 12.6. The summed E-state index contributed by atoms with van der Waals surface area (Å²) in [5.74, 6) is 0.260. The van der Waals surface area contributed by atoms with Gasteiger partial charge in [-0.25, -0.2) is 0 Å². The molecule has 0 aliphatic rings. The number of nitrogens with one attached hydrogen (secondary N) is 1. The highest BCUT2D eigenvalue weighted by Gasteiger charge is 2.15. The van der Waals surface area contributed by atoms with Crippen molar-refractivity contribution in [2.24, 2.45) is 0 Å². The third-order valence-corrected chi connectivity index (χ3v) is 5.27. The van der Waals surface area contributed by atoms with Gasteiger partial charge in [0.1, 0.15) is 17.4 Å². The van der Waals surface area contributed by atoms with E-state index in [-0.39, 0.29) is 5.57 Å². The minimum atomic E-state index is -0.544. The number of ether oxygens (including phenoxy) is 1. The van der Waals surface area contributed by atoms with Crippen LogP contribution in [0.25, 0.3) is 11.8 Å². The Labute approximate surface area is 191 Å². The molecule has 0 saturated heterocycles. The van der Waals surface area contributed by atoms with E-state index < -0.39 is 5.91 Å². The molecule has 0 unspecified atom stereocenters. The molecule has 3 rings (SSSR count). The maximum absolute atomic E-state index is 12.6. The Bertz CT molecular complexity index is 1190. The molecular formula is C24H21Cl2N3O2. The largest absolute Gasteiger partial charge is 0.494 e. The quantitative estimate of drug-likeness (QED) is 0.349. The van der Waals surface area contributed by atoms with E-state index in [4.69, 9.17) is 27.9 Å². The van der Waals surface area contributed by atoms with Gasteiger partial charge in [0.05, 0.1) is 17.3 Å². The first-order valence-electron chi connectivity index (χ1n) is 9.64. The molecule has 1 heterocycles. The van der Waals surface area contributed by atoms with Crippen molar-refractivity contribution in [2.45, 2.75) is 20.8 Å². The van der Waals surface area contributed by atoms with Crippen LogP contribution in [-0.2, 0) is 4.79 Å². The fraction of sp³-hybridized carbons (Fsp3) is 0.167. The summed E-state index contributed by atoms with van der Waals surface area (Å²) in [4.78, 5) is 12.6. The van der Waals surface area contributed by atoms with Gasteiger partial charge in [0.15, 0.2) is 0 Å². The van der Waals surface area contributed by atoms with E-state index in [1.165, 1.54) is 6.07 Å². The number of hydrogen-bond donors (Lipinski definition) is 1. The monoisotopic (exact) mass is 453 g/mol. The third kappa shape index (κ3) is 5.11. The van der Waals surface area contributed by atoms with Crippen LogP contribution in [0.5, 0.6) is 5.75 Å². The number of nitriles is 1. The van der Waals surface area contributed by atoms with E-state index in [1.807, 2.05) is 57.2 Å². The van der Waals surface area contributed by atoms with E-state index in [9.17, 15) is 10.1 Å². The van der Waals surface area contributed by atoms with Crippen LogP contribution in [0.4, 0.5) is 5.69 Å². The van der Waals surface area contributed by atoms with Gasteiger partial charge in [-0.15, -0.1) is 0 Å². The van der Waals surface area contributed by atoms with E-state index in [0.717, 1.165) is 28.4 Å². The van der Waals surface area contributed by atoms with Crippen LogP contribution in [-0.4, -0.2) is 17.1 Å². The molecule has 31 heavy (non-hydrogen) atoms. The molecule has 0 aliphatic heterocycles. The molecule has 0 aliphatic carbocycles. The first-order chi connectivity index (χ1) is 14.8. The smallest absolute Gasteiger partial charge is 0.266 e. The Balaban J connectivity index is 1.90. The lowest BCUT2D eigenvalue weighted by Gasteiger charge is -2.11. The number of rotatable bonds is 6. The fourth-order valence-electron chi connectivity index (χ4n) is 3.27. The number of carbonyl (C=O) groups excluding carboxylic acids is 1. The van der Waals surface area contributed by atoms with Crippen LogP contribution in [0.3, 0.4) is 0 Å². The van der Waals surface area contributed by atoms with Gasteiger partial charge in [0.2, 0.25) is 0 Å². The second-order valence-corrected chi connectivity index (χ2v) is 7.68. The minimum Gasteiger partial charge on any atom is -0.494 e. The molecular weight excluding hydrogens is 433 g/mol. The number of carbonyl (C=O) groups is 1. The summed E-state index contributed by atoms with van der Waals surface area (Å²) in [6, 6.07) is 16.4. The Kier molecular flexibility index (Phi) is 7.06. The average Bonchev–Trinajstić information content (AvgIpc) is 3.02. The molecule has 0 bridgehead atoms. The Hall–Kier alpha value is -3.20. The van der Waals surface area contributed by atoms with Crippen LogP contribution in [0.15, 0.2) is 54.1 Å². The Morgan fingerprint density at radius 3 is 2.48 bits per heavy atom. The summed E-state index contributed by atoms with van der Waals surface area (Å²) in [7, 11) is 0. The molecule has 158 valence electrons. The van der Waals surface area contributed by atoms with Gasteiger partial charge in [-0.2, -0.15) is 5.26 Å². The molecule has 0 fully saturated rings. The standard InChI is InChI=1S/C24H21Cl2N3O2/c1-4-31-21-8-6-20(7-9-21)29-15(2)11-17(16(29)3)12-18(14-27)24(30)28-23-10-5-19(25)13-22(23)26/h5-13H,4H2,1-3H3,(H,28,30)/b18-12-. The van der Waals surface area contributed by atoms with Crippen molar-refractivity contribution in [2.75, 3.05) is 11.9 Å². The highest BCUT2D eigenvalue weighted by atomic mass is 35.5. The van der Waals surface area contributed by atoms with Crippen molar-refractivity contribution < 1.29 is 9.53 Å². The van der Waals surface area contributed by atoms with Gasteiger partial charge in [-0.05, 0) is 80.9 Å². The normalized spacial score (nSPS) is 11.2. The molecule has 0 saturated carbocycles. The van der Waals surface area contributed by atoms with E-state index in [2.05, 4.69) is 9.88 Å². The number of aryl methyl sites for hydroxylation is 1. The highest BCUT2D eigenvalue weighted by Crippen LogP contribution is 2.27. The van der Waals surface area contributed by atoms with Crippen molar-refractivity contribution in [3.05, 3.63) is 81.1 Å². The van der Waals surface area contributed by atoms with Crippen LogP contribution in [0.1, 0.15) is 23.9 Å². The molecule has 0 atom stereocenters. The average molecular weight is 454 g/mol. The second-order valence-electron chi connectivity index (χ2n) is 6.84. The molecule has 2 aromatic carbocycles. The first kappa shape index (κ1) is 22.5. The Morgan fingerprint density at radius 1 is 1.16 bits per heavy atom. The van der Waals surface area contributed by atoms with Gasteiger partial charge >= 0.3 is 0 Å². The van der Waals surface area contributed by atoms with Crippen LogP contribution >= 0.6 is 23.2 Å². The lowest BCUT2D eigenvalue weighted by atomic mass is 10.1. The number of amides is 1. The van der Waals surface area contributed by atoms with E-state index >= 15 is 0 Å². The lowest BCUT2D eigenvalue weighted by molar-refractivity contribution is -0.112. The number of anilines is 1. The molecule has 7 heteroatoms.